The molecule has 2 aromatic rings. The number of benzene rings is 1. The minimum absolute atomic E-state index is 0.0309. The third-order valence-corrected chi connectivity index (χ3v) is 4.59. The molecule has 1 aromatic carbocycles. The zero-order valence-corrected chi connectivity index (χ0v) is 16.4. The molecule has 0 spiro atoms. The van der Waals surface area contributed by atoms with E-state index in [1.807, 2.05) is 45.0 Å². The maximum Gasteiger partial charge on any atom is 0.315 e. The molecule has 2 unspecified atom stereocenters. The zero-order chi connectivity index (χ0) is 19.4. The molecule has 0 fully saturated rings. The van der Waals surface area contributed by atoms with Crippen molar-refractivity contribution in [3.8, 4) is 5.75 Å². The van der Waals surface area contributed by atoms with Crippen LogP contribution < -0.4 is 4.74 Å². The quantitative estimate of drug-likeness (QED) is 0.734. The number of nitrogens with one attached hydrogen (secondary N) is 1. The molecule has 0 saturated carbocycles. The lowest BCUT2D eigenvalue weighted by molar-refractivity contribution is -0.146. The van der Waals surface area contributed by atoms with Gasteiger partial charge in [-0.3, -0.25) is 9.89 Å². The number of nitrogens with zero attached hydrogens (tertiary/aromatic N) is 2. The molecule has 1 aliphatic rings. The SMILES string of the molecule is CCCC1=Nc2[nH]ncc2C(c2ccccc2OC(C)C)C1C(=O)OCC. The molecular weight excluding hydrogens is 342 g/mol. The molecule has 1 N–H and O–H groups in total. The fraction of sp³-hybridized carbons (Fsp3) is 0.476. The molecule has 0 amide bonds. The largest absolute Gasteiger partial charge is 0.491 e. The minimum atomic E-state index is -0.480. The van der Waals surface area contributed by atoms with Crippen LogP contribution in [0.25, 0.3) is 0 Å². The van der Waals surface area contributed by atoms with E-state index in [9.17, 15) is 4.79 Å². The Kier molecular flexibility index (Phi) is 5.94. The molecule has 27 heavy (non-hydrogen) atoms. The Labute approximate surface area is 160 Å². The van der Waals surface area contributed by atoms with Crippen molar-refractivity contribution in [2.75, 3.05) is 6.61 Å². The van der Waals surface area contributed by atoms with Crippen molar-refractivity contribution in [1.29, 1.82) is 0 Å². The predicted octanol–water partition coefficient (Wildman–Crippen LogP) is 4.39. The number of fused-ring (bicyclic) bond motifs is 1. The first-order chi connectivity index (χ1) is 13.1. The van der Waals surface area contributed by atoms with Crippen LogP contribution in [0.2, 0.25) is 0 Å². The topological polar surface area (TPSA) is 76.6 Å². The van der Waals surface area contributed by atoms with Gasteiger partial charge in [-0.1, -0.05) is 31.5 Å². The molecule has 0 radical (unpaired) electrons. The number of hydrogen-bond donors (Lipinski definition) is 1. The highest BCUT2D eigenvalue weighted by Gasteiger charge is 2.41. The van der Waals surface area contributed by atoms with Crippen LogP contribution in [0, 0.1) is 5.92 Å². The average molecular weight is 369 g/mol. The van der Waals surface area contributed by atoms with Gasteiger partial charge in [-0.2, -0.15) is 5.10 Å². The highest BCUT2D eigenvalue weighted by Crippen LogP contribution is 2.45. The van der Waals surface area contributed by atoms with Gasteiger partial charge in [0.2, 0.25) is 0 Å². The lowest BCUT2D eigenvalue weighted by Crippen LogP contribution is -2.34. The highest BCUT2D eigenvalue weighted by atomic mass is 16.5. The normalized spacial score (nSPS) is 18.8. The standard InChI is InChI=1S/C21H27N3O3/c1-5-9-16-19(21(25)26-6-2)18(15-12-22-24-20(15)23-16)14-10-7-8-11-17(14)27-13(3)4/h7-8,10-13,18-19H,5-6,9H2,1-4H3,(H,22,24). The third-order valence-electron chi connectivity index (χ3n) is 4.59. The Hall–Kier alpha value is -2.63. The Bertz CT molecular complexity index is 826. The number of para-hydroxylation sites is 1. The van der Waals surface area contributed by atoms with E-state index >= 15 is 0 Å². The summed E-state index contributed by atoms with van der Waals surface area (Å²) in [5.74, 6) is 0.514. The number of aromatic amines is 1. The number of carbonyl (C=O) groups excluding carboxylic acids is 1. The molecule has 0 saturated heterocycles. The highest BCUT2D eigenvalue weighted by molar-refractivity contribution is 6.06. The summed E-state index contributed by atoms with van der Waals surface area (Å²) in [6, 6.07) is 7.87. The van der Waals surface area contributed by atoms with Crippen LogP contribution in [0.4, 0.5) is 5.82 Å². The van der Waals surface area contributed by atoms with E-state index in [1.54, 1.807) is 6.20 Å². The van der Waals surface area contributed by atoms with Crippen molar-refractivity contribution in [2.24, 2.45) is 10.9 Å². The molecule has 6 heteroatoms. The zero-order valence-electron chi connectivity index (χ0n) is 16.4. The van der Waals surface area contributed by atoms with Crippen LogP contribution in [0.3, 0.4) is 0 Å². The molecule has 6 nitrogen and oxygen atoms in total. The number of carbonyl (C=O) groups is 1. The monoisotopic (exact) mass is 369 g/mol. The maximum atomic E-state index is 13.0. The van der Waals surface area contributed by atoms with E-state index in [4.69, 9.17) is 14.5 Å². The molecule has 1 aromatic heterocycles. The summed E-state index contributed by atoms with van der Waals surface area (Å²) in [7, 11) is 0. The molecule has 1 aliphatic heterocycles. The lowest BCUT2D eigenvalue weighted by Gasteiger charge is -2.31. The van der Waals surface area contributed by atoms with E-state index < -0.39 is 5.92 Å². The third kappa shape index (κ3) is 3.89. The van der Waals surface area contributed by atoms with Crippen molar-refractivity contribution in [3.63, 3.8) is 0 Å². The van der Waals surface area contributed by atoms with E-state index in [1.165, 1.54) is 0 Å². The van der Waals surface area contributed by atoms with Crippen LogP contribution in [0.1, 0.15) is 57.6 Å². The molecule has 144 valence electrons. The number of hydrogen-bond acceptors (Lipinski definition) is 5. The van der Waals surface area contributed by atoms with Crippen LogP contribution in [-0.2, 0) is 9.53 Å². The number of ether oxygens (including phenoxy) is 2. The van der Waals surface area contributed by atoms with Gasteiger partial charge in [-0.25, -0.2) is 4.99 Å². The van der Waals surface area contributed by atoms with Crippen LogP contribution in [-0.4, -0.2) is 34.6 Å². The fourth-order valence-electron chi connectivity index (χ4n) is 3.61. The summed E-state index contributed by atoms with van der Waals surface area (Å²) in [5.41, 5.74) is 2.68. The first-order valence-electron chi connectivity index (χ1n) is 9.59. The van der Waals surface area contributed by atoms with Gasteiger partial charge < -0.3 is 9.47 Å². The van der Waals surface area contributed by atoms with E-state index in [0.717, 1.165) is 35.4 Å². The van der Waals surface area contributed by atoms with Crippen LogP contribution in [0.15, 0.2) is 35.5 Å². The van der Waals surface area contributed by atoms with Crippen molar-refractivity contribution >= 4 is 17.5 Å². The maximum absolute atomic E-state index is 13.0. The summed E-state index contributed by atoms with van der Waals surface area (Å²) < 4.78 is 11.5. The Morgan fingerprint density at radius 3 is 2.70 bits per heavy atom. The molecule has 3 rings (SSSR count). The van der Waals surface area contributed by atoms with Gasteiger partial charge in [0, 0.05) is 22.8 Å². The number of H-pyrrole nitrogens is 1. The van der Waals surface area contributed by atoms with Crippen molar-refractivity contribution in [1.82, 2.24) is 10.2 Å². The van der Waals surface area contributed by atoms with Crippen LogP contribution in [0.5, 0.6) is 5.75 Å². The van der Waals surface area contributed by atoms with Gasteiger partial charge in [0.1, 0.15) is 11.7 Å². The molecule has 0 bridgehead atoms. The number of rotatable bonds is 7. The minimum Gasteiger partial charge on any atom is -0.491 e. The molecule has 0 aliphatic carbocycles. The fourth-order valence-corrected chi connectivity index (χ4v) is 3.61. The van der Waals surface area contributed by atoms with E-state index in [0.29, 0.717) is 12.4 Å². The van der Waals surface area contributed by atoms with Crippen molar-refractivity contribution < 1.29 is 14.3 Å². The smallest absolute Gasteiger partial charge is 0.315 e. The number of aliphatic imine (C=N–C) groups is 1. The average Bonchev–Trinajstić information content (AvgIpc) is 3.09. The first kappa shape index (κ1) is 19.1. The second kappa shape index (κ2) is 8.37. The van der Waals surface area contributed by atoms with Crippen LogP contribution >= 0.6 is 0 Å². The van der Waals surface area contributed by atoms with Gasteiger partial charge >= 0.3 is 5.97 Å². The molecule has 2 heterocycles. The van der Waals surface area contributed by atoms with Gasteiger partial charge in [0.25, 0.3) is 0 Å². The number of aromatic nitrogens is 2. The van der Waals surface area contributed by atoms with Crippen molar-refractivity contribution in [3.05, 3.63) is 41.6 Å². The Morgan fingerprint density at radius 2 is 2.00 bits per heavy atom. The second-order valence-corrected chi connectivity index (χ2v) is 6.94. The molecular formula is C21H27N3O3. The van der Waals surface area contributed by atoms with Crippen molar-refractivity contribution in [2.45, 2.75) is 52.6 Å². The van der Waals surface area contributed by atoms with Gasteiger partial charge in [-0.15, -0.1) is 0 Å². The van der Waals surface area contributed by atoms with E-state index in [-0.39, 0.29) is 18.0 Å². The molecule has 2 atom stereocenters. The Morgan fingerprint density at radius 1 is 1.22 bits per heavy atom. The first-order valence-corrected chi connectivity index (χ1v) is 9.59. The number of esters is 1. The predicted molar refractivity (Wildman–Crippen MR) is 105 cm³/mol. The summed E-state index contributed by atoms with van der Waals surface area (Å²) in [6.07, 6.45) is 3.41. The Balaban J connectivity index is 2.15. The second-order valence-electron chi connectivity index (χ2n) is 6.94. The summed E-state index contributed by atoms with van der Waals surface area (Å²) in [6.45, 7) is 8.23. The summed E-state index contributed by atoms with van der Waals surface area (Å²) in [5, 5.41) is 7.15. The van der Waals surface area contributed by atoms with Gasteiger partial charge in [0.05, 0.1) is 18.9 Å². The summed E-state index contributed by atoms with van der Waals surface area (Å²) >= 11 is 0. The van der Waals surface area contributed by atoms with Gasteiger partial charge in [0.15, 0.2) is 5.82 Å². The summed E-state index contributed by atoms with van der Waals surface area (Å²) in [4.78, 5) is 17.7. The van der Waals surface area contributed by atoms with E-state index in [2.05, 4.69) is 17.1 Å². The van der Waals surface area contributed by atoms with Gasteiger partial charge in [-0.05, 0) is 33.3 Å². The lowest BCUT2D eigenvalue weighted by atomic mass is 9.76.